The molecule has 2 amide bonds. The smallest absolute Gasteiger partial charge is 0.319 e. The molecule has 2 aromatic heterocycles. The van der Waals surface area contributed by atoms with Crippen LogP contribution in [0.4, 0.5) is 27.9 Å². The third kappa shape index (κ3) is 6.22. The van der Waals surface area contributed by atoms with Crippen LogP contribution in [0.15, 0.2) is 55.0 Å². The molecule has 3 rings (SSSR count). The van der Waals surface area contributed by atoms with E-state index in [2.05, 4.69) is 36.2 Å². The lowest BCUT2D eigenvalue weighted by molar-refractivity contribution is 0.252. The predicted octanol–water partition coefficient (Wildman–Crippen LogP) is 3.51. The first-order valence-corrected chi connectivity index (χ1v) is 9.14. The number of carbonyl (C=O) groups excluding carboxylic acids is 1. The molecule has 4 N–H and O–H groups in total. The number of halogens is 1. The van der Waals surface area contributed by atoms with Gasteiger partial charge in [-0.25, -0.2) is 19.7 Å². The Labute approximate surface area is 172 Å². The number of amides is 2. The number of hydrogen-bond acceptors (Lipinski definition) is 7. The summed E-state index contributed by atoms with van der Waals surface area (Å²) in [4.78, 5) is 24.6. The maximum absolute atomic E-state index is 12.1. The molecule has 0 spiro atoms. The number of methoxy groups -OCH3 is 1. The van der Waals surface area contributed by atoms with Crippen molar-refractivity contribution in [3.63, 3.8) is 0 Å². The normalized spacial score (nSPS) is 10.1. The Morgan fingerprint density at radius 1 is 1.03 bits per heavy atom. The highest BCUT2D eigenvalue weighted by Gasteiger charge is 2.08. The van der Waals surface area contributed by atoms with Crippen molar-refractivity contribution in [2.75, 3.05) is 36.1 Å². The maximum Gasteiger partial charge on any atom is 0.319 e. The maximum atomic E-state index is 12.1. The van der Waals surface area contributed by atoms with E-state index in [-0.39, 0.29) is 6.03 Å². The van der Waals surface area contributed by atoms with Crippen LogP contribution in [0.1, 0.15) is 0 Å². The van der Waals surface area contributed by atoms with E-state index in [0.717, 1.165) is 0 Å². The third-order valence-corrected chi connectivity index (χ3v) is 3.95. The van der Waals surface area contributed by atoms with Crippen molar-refractivity contribution in [3.8, 4) is 5.75 Å². The Kier molecular flexibility index (Phi) is 7.01. The van der Waals surface area contributed by atoms with Crippen molar-refractivity contribution in [1.82, 2.24) is 20.3 Å². The van der Waals surface area contributed by atoms with Crippen LogP contribution in [-0.4, -0.2) is 41.2 Å². The number of aromatic nitrogens is 3. The highest BCUT2D eigenvalue weighted by atomic mass is 35.5. The molecule has 150 valence electrons. The monoisotopic (exact) mass is 413 g/mol. The molecule has 2 heterocycles. The number of carbonyl (C=O) groups is 1. The lowest BCUT2D eigenvalue weighted by Crippen LogP contribution is -2.32. The van der Waals surface area contributed by atoms with Gasteiger partial charge in [-0.1, -0.05) is 17.7 Å². The van der Waals surface area contributed by atoms with Crippen LogP contribution in [0.25, 0.3) is 0 Å². The summed E-state index contributed by atoms with van der Waals surface area (Å²) >= 11 is 5.96. The zero-order chi connectivity index (χ0) is 20.5. The van der Waals surface area contributed by atoms with E-state index in [1.165, 1.54) is 13.4 Å². The van der Waals surface area contributed by atoms with Gasteiger partial charge in [-0.3, -0.25) is 0 Å². The number of nitrogens with one attached hydrogen (secondary N) is 4. The number of ether oxygens (including phenoxy) is 1. The van der Waals surface area contributed by atoms with Gasteiger partial charge in [0.15, 0.2) is 0 Å². The van der Waals surface area contributed by atoms with Crippen LogP contribution in [0, 0.1) is 0 Å². The van der Waals surface area contributed by atoms with Crippen molar-refractivity contribution in [3.05, 3.63) is 60.0 Å². The molecule has 29 heavy (non-hydrogen) atoms. The minimum absolute atomic E-state index is 0.368. The Morgan fingerprint density at radius 3 is 2.69 bits per heavy atom. The number of rotatable bonds is 8. The topological polar surface area (TPSA) is 113 Å². The minimum Gasteiger partial charge on any atom is -0.495 e. The highest BCUT2D eigenvalue weighted by Crippen LogP contribution is 2.27. The average Bonchev–Trinajstić information content (AvgIpc) is 2.72. The van der Waals surface area contributed by atoms with Crippen LogP contribution in [-0.2, 0) is 0 Å². The van der Waals surface area contributed by atoms with E-state index in [0.29, 0.717) is 47.0 Å². The first-order chi connectivity index (χ1) is 14.1. The molecule has 0 saturated heterocycles. The summed E-state index contributed by atoms with van der Waals surface area (Å²) in [5.74, 6) is 2.45. The molecular weight excluding hydrogens is 394 g/mol. The van der Waals surface area contributed by atoms with Crippen molar-refractivity contribution < 1.29 is 9.53 Å². The third-order valence-electron chi connectivity index (χ3n) is 3.71. The molecule has 0 fully saturated rings. The van der Waals surface area contributed by atoms with Gasteiger partial charge in [0.1, 0.15) is 29.5 Å². The van der Waals surface area contributed by atoms with Crippen molar-refractivity contribution >= 4 is 40.8 Å². The van der Waals surface area contributed by atoms with E-state index >= 15 is 0 Å². The molecule has 0 radical (unpaired) electrons. The molecule has 0 aliphatic rings. The van der Waals surface area contributed by atoms with Crippen molar-refractivity contribution in [1.29, 1.82) is 0 Å². The largest absolute Gasteiger partial charge is 0.495 e. The van der Waals surface area contributed by atoms with Gasteiger partial charge in [-0.05, 0) is 30.3 Å². The first kappa shape index (κ1) is 20.2. The molecule has 9 nitrogen and oxygen atoms in total. The molecule has 0 aliphatic heterocycles. The minimum atomic E-state index is -0.368. The highest BCUT2D eigenvalue weighted by molar-refractivity contribution is 6.31. The van der Waals surface area contributed by atoms with Gasteiger partial charge in [0, 0.05) is 30.4 Å². The lowest BCUT2D eigenvalue weighted by atomic mass is 10.3. The molecule has 0 atom stereocenters. The fraction of sp³-hybridized carbons (Fsp3) is 0.158. The van der Waals surface area contributed by atoms with E-state index in [1.54, 1.807) is 30.5 Å². The van der Waals surface area contributed by atoms with Gasteiger partial charge in [-0.15, -0.1) is 0 Å². The predicted molar refractivity (Wildman–Crippen MR) is 113 cm³/mol. The second-order valence-corrected chi connectivity index (χ2v) is 6.22. The molecule has 0 bridgehead atoms. The summed E-state index contributed by atoms with van der Waals surface area (Å²) in [6.07, 6.45) is 3.14. The summed E-state index contributed by atoms with van der Waals surface area (Å²) < 4.78 is 5.20. The fourth-order valence-corrected chi connectivity index (χ4v) is 2.57. The average molecular weight is 414 g/mol. The molecular formula is C19H20ClN7O2. The molecule has 3 aromatic rings. The van der Waals surface area contributed by atoms with Crippen LogP contribution in [0.3, 0.4) is 0 Å². The Morgan fingerprint density at radius 2 is 1.90 bits per heavy atom. The number of nitrogens with zero attached hydrogens (tertiary/aromatic N) is 3. The Hall–Kier alpha value is -3.59. The molecule has 0 unspecified atom stereocenters. The van der Waals surface area contributed by atoms with E-state index in [9.17, 15) is 4.79 Å². The van der Waals surface area contributed by atoms with E-state index < -0.39 is 0 Å². The Balaban J connectivity index is 1.45. The Bertz CT molecular complexity index is 956. The summed E-state index contributed by atoms with van der Waals surface area (Å²) in [6, 6.07) is 11.9. The van der Waals surface area contributed by atoms with Gasteiger partial charge >= 0.3 is 6.03 Å². The number of hydrogen-bond donors (Lipinski definition) is 4. The summed E-state index contributed by atoms with van der Waals surface area (Å²) in [5, 5.41) is 12.2. The van der Waals surface area contributed by atoms with Crippen LogP contribution in [0.5, 0.6) is 5.75 Å². The number of anilines is 4. The summed E-state index contributed by atoms with van der Waals surface area (Å²) in [7, 11) is 1.52. The molecule has 0 aliphatic carbocycles. The summed E-state index contributed by atoms with van der Waals surface area (Å²) in [5.41, 5.74) is 0.492. The molecule has 10 heteroatoms. The second kappa shape index (κ2) is 10.1. The lowest BCUT2D eigenvalue weighted by Gasteiger charge is -2.12. The fourth-order valence-electron chi connectivity index (χ4n) is 2.40. The zero-order valence-corrected chi connectivity index (χ0v) is 16.4. The standard InChI is InChI=1S/C19H20ClN7O2/c1-29-15-6-5-13(20)10-14(15)26-19(28)23-9-8-22-17-11-18(25-12-24-17)27-16-4-2-3-7-21-16/h2-7,10-12H,8-9H2,1H3,(H2,23,26,28)(H2,21,22,24,25,27). The van der Waals surface area contributed by atoms with Gasteiger partial charge in [-0.2, -0.15) is 0 Å². The number of urea groups is 1. The SMILES string of the molecule is COc1ccc(Cl)cc1NC(=O)NCCNc1cc(Nc2ccccn2)ncn1. The van der Waals surface area contributed by atoms with E-state index in [4.69, 9.17) is 16.3 Å². The number of pyridine rings is 1. The van der Waals surface area contributed by atoms with Crippen LogP contribution in [0.2, 0.25) is 5.02 Å². The van der Waals surface area contributed by atoms with E-state index in [1.807, 2.05) is 18.2 Å². The van der Waals surface area contributed by atoms with Crippen molar-refractivity contribution in [2.24, 2.45) is 0 Å². The zero-order valence-electron chi connectivity index (χ0n) is 15.6. The van der Waals surface area contributed by atoms with Crippen LogP contribution < -0.4 is 26.0 Å². The second-order valence-electron chi connectivity index (χ2n) is 5.78. The van der Waals surface area contributed by atoms with Gasteiger partial charge in [0.2, 0.25) is 0 Å². The summed E-state index contributed by atoms with van der Waals surface area (Å²) in [6.45, 7) is 0.849. The molecule has 0 saturated carbocycles. The van der Waals surface area contributed by atoms with Gasteiger partial charge < -0.3 is 26.0 Å². The van der Waals surface area contributed by atoms with Crippen molar-refractivity contribution in [2.45, 2.75) is 0 Å². The van der Waals surface area contributed by atoms with Crippen LogP contribution >= 0.6 is 11.6 Å². The quantitative estimate of drug-likeness (QED) is 0.418. The molecule has 1 aromatic carbocycles. The van der Waals surface area contributed by atoms with Gasteiger partial charge in [0.25, 0.3) is 0 Å². The first-order valence-electron chi connectivity index (χ1n) is 8.76. The number of benzene rings is 1. The van der Waals surface area contributed by atoms with Gasteiger partial charge in [0.05, 0.1) is 12.8 Å².